The van der Waals surface area contributed by atoms with Gasteiger partial charge >= 0.3 is 0 Å². The number of hydrogen-bond donors (Lipinski definition) is 1. The molecular formula is C15H17N3O2. The lowest BCUT2D eigenvalue weighted by atomic mass is 10.1. The Kier molecular flexibility index (Phi) is 4.20. The molecule has 1 heterocycles. The molecule has 20 heavy (non-hydrogen) atoms. The molecule has 2 aromatic rings. The highest BCUT2D eigenvalue weighted by Gasteiger charge is 2.19. The molecule has 0 atom stereocenters. The topological polar surface area (TPSA) is 68.5 Å². The van der Waals surface area contributed by atoms with Crippen LogP contribution in [0, 0.1) is 0 Å². The van der Waals surface area contributed by atoms with E-state index in [4.69, 9.17) is 10.5 Å². The Labute approximate surface area is 118 Å². The maximum atomic E-state index is 12.6. The van der Waals surface area contributed by atoms with Gasteiger partial charge in [0.25, 0.3) is 5.91 Å². The van der Waals surface area contributed by atoms with E-state index in [1.807, 2.05) is 13.0 Å². The van der Waals surface area contributed by atoms with Crippen LogP contribution in [0.3, 0.4) is 0 Å². The lowest BCUT2D eigenvalue weighted by Gasteiger charge is -2.20. The normalized spacial score (nSPS) is 10.1. The van der Waals surface area contributed by atoms with Crippen molar-refractivity contribution < 1.29 is 9.53 Å². The molecule has 2 N–H and O–H groups in total. The van der Waals surface area contributed by atoms with Gasteiger partial charge in [-0.1, -0.05) is 12.1 Å². The Balaban J connectivity index is 2.34. The molecule has 0 aliphatic carbocycles. The highest BCUT2D eigenvalue weighted by molar-refractivity contribution is 6.08. The Morgan fingerprint density at radius 1 is 1.35 bits per heavy atom. The first kappa shape index (κ1) is 13.9. The summed E-state index contributed by atoms with van der Waals surface area (Å²) in [5, 5.41) is 0. The van der Waals surface area contributed by atoms with Gasteiger partial charge in [-0.15, -0.1) is 0 Å². The van der Waals surface area contributed by atoms with Crippen molar-refractivity contribution in [1.29, 1.82) is 0 Å². The zero-order valence-corrected chi connectivity index (χ0v) is 11.5. The van der Waals surface area contributed by atoms with Crippen molar-refractivity contribution in [2.24, 2.45) is 0 Å². The first-order valence-electron chi connectivity index (χ1n) is 6.34. The van der Waals surface area contributed by atoms with Gasteiger partial charge in [0.15, 0.2) is 0 Å². The molecule has 1 aromatic carbocycles. The van der Waals surface area contributed by atoms with Crippen molar-refractivity contribution in [1.82, 2.24) is 4.98 Å². The largest absolute Gasteiger partial charge is 0.493 e. The molecule has 0 bridgehead atoms. The first-order chi connectivity index (χ1) is 9.65. The second-order valence-electron chi connectivity index (χ2n) is 4.23. The van der Waals surface area contributed by atoms with E-state index in [1.54, 1.807) is 37.5 Å². The number of nitrogens with two attached hydrogens (primary N) is 1. The van der Waals surface area contributed by atoms with Crippen LogP contribution in [0.4, 0.5) is 11.4 Å². The zero-order chi connectivity index (χ0) is 14.5. The number of carbonyl (C=O) groups excluding carboxylic acids is 1. The van der Waals surface area contributed by atoms with E-state index in [9.17, 15) is 4.79 Å². The van der Waals surface area contributed by atoms with Crippen LogP contribution in [0.2, 0.25) is 0 Å². The third-order valence-corrected chi connectivity index (χ3v) is 2.91. The van der Waals surface area contributed by atoms with Gasteiger partial charge in [-0.25, -0.2) is 0 Å². The third kappa shape index (κ3) is 2.71. The predicted octanol–water partition coefficient (Wildman–Crippen LogP) is 2.34. The average Bonchev–Trinajstić information content (AvgIpc) is 2.47. The van der Waals surface area contributed by atoms with Crippen LogP contribution in [0.25, 0.3) is 0 Å². The molecule has 104 valence electrons. The fraction of sp³-hybridized carbons (Fsp3) is 0.200. The van der Waals surface area contributed by atoms with Crippen molar-refractivity contribution in [3.8, 4) is 5.75 Å². The number of rotatable bonds is 4. The summed E-state index contributed by atoms with van der Waals surface area (Å²) in [7, 11) is 1.68. The Bertz CT molecular complexity index is 614. The van der Waals surface area contributed by atoms with E-state index in [1.165, 1.54) is 11.1 Å². The van der Waals surface area contributed by atoms with E-state index in [0.717, 1.165) is 0 Å². The molecule has 0 aliphatic rings. The Morgan fingerprint density at radius 2 is 2.10 bits per heavy atom. The summed E-state index contributed by atoms with van der Waals surface area (Å²) in [5.74, 6) is 0.395. The molecule has 0 spiro atoms. The van der Waals surface area contributed by atoms with E-state index >= 15 is 0 Å². The highest BCUT2D eigenvalue weighted by atomic mass is 16.5. The fourth-order valence-corrected chi connectivity index (χ4v) is 1.92. The molecule has 0 unspecified atom stereocenters. The molecule has 0 radical (unpaired) electrons. The first-order valence-corrected chi connectivity index (χ1v) is 6.34. The average molecular weight is 271 g/mol. The summed E-state index contributed by atoms with van der Waals surface area (Å²) in [4.78, 5) is 18.0. The van der Waals surface area contributed by atoms with Gasteiger partial charge in [-0.05, 0) is 25.1 Å². The number of aromatic nitrogens is 1. The molecule has 1 amide bonds. The van der Waals surface area contributed by atoms with E-state index in [0.29, 0.717) is 29.3 Å². The van der Waals surface area contributed by atoms with Crippen LogP contribution in [-0.2, 0) is 0 Å². The lowest BCUT2D eigenvalue weighted by Crippen LogP contribution is -2.27. The second kappa shape index (κ2) is 6.06. The van der Waals surface area contributed by atoms with Crippen molar-refractivity contribution in [3.05, 3.63) is 48.3 Å². The van der Waals surface area contributed by atoms with Gasteiger partial charge in [0.1, 0.15) is 5.75 Å². The summed E-state index contributed by atoms with van der Waals surface area (Å²) in [6, 6.07) is 8.86. The highest BCUT2D eigenvalue weighted by Crippen LogP contribution is 2.25. The van der Waals surface area contributed by atoms with E-state index in [-0.39, 0.29) is 5.91 Å². The van der Waals surface area contributed by atoms with Crippen LogP contribution in [-0.4, -0.2) is 24.5 Å². The number of benzene rings is 1. The molecule has 2 rings (SSSR count). The van der Waals surface area contributed by atoms with Gasteiger partial charge in [0.05, 0.1) is 29.7 Å². The lowest BCUT2D eigenvalue weighted by molar-refractivity contribution is 0.0989. The van der Waals surface area contributed by atoms with Gasteiger partial charge in [-0.2, -0.15) is 0 Å². The number of pyridine rings is 1. The molecule has 5 nitrogen and oxygen atoms in total. The molecule has 5 heteroatoms. The van der Waals surface area contributed by atoms with E-state index in [2.05, 4.69) is 4.98 Å². The molecule has 0 fully saturated rings. The summed E-state index contributed by atoms with van der Waals surface area (Å²) in [5.41, 5.74) is 7.43. The van der Waals surface area contributed by atoms with Crippen molar-refractivity contribution in [2.75, 3.05) is 24.3 Å². The van der Waals surface area contributed by atoms with Gasteiger partial charge in [0.2, 0.25) is 0 Å². The maximum Gasteiger partial charge on any atom is 0.261 e. The van der Waals surface area contributed by atoms with Crippen LogP contribution in [0.1, 0.15) is 17.3 Å². The Hall–Kier alpha value is -2.56. The number of ether oxygens (including phenoxy) is 1. The molecule has 0 aliphatic heterocycles. The molecule has 0 saturated heterocycles. The zero-order valence-electron chi connectivity index (χ0n) is 11.5. The third-order valence-electron chi connectivity index (χ3n) is 2.91. The second-order valence-corrected chi connectivity index (χ2v) is 4.23. The predicted molar refractivity (Wildman–Crippen MR) is 79.0 cm³/mol. The number of anilines is 2. The van der Waals surface area contributed by atoms with E-state index < -0.39 is 0 Å². The van der Waals surface area contributed by atoms with Gasteiger partial charge < -0.3 is 15.4 Å². The van der Waals surface area contributed by atoms with Gasteiger partial charge in [0, 0.05) is 13.2 Å². The number of nitrogens with zero attached hydrogens (tertiary/aromatic N) is 2. The Morgan fingerprint density at radius 3 is 2.80 bits per heavy atom. The van der Waals surface area contributed by atoms with Crippen LogP contribution in [0.15, 0.2) is 42.7 Å². The maximum absolute atomic E-state index is 12.6. The quantitative estimate of drug-likeness (QED) is 0.926. The number of hydrogen-bond acceptors (Lipinski definition) is 4. The number of carbonyl (C=O) groups is 1. The molecular weight excluding hydrogens is 254 g/mol. The summed E-state index contributed by atoms with van der Waals surface area (Å²) >= 11 is 0. The smallest absolute Gasteiger partial charge is 0.261 e. The minimum atomic E-state index is -0.174. The number of para-hydroxylation sites is 1. The van der Waals surface area contributed by atoms with Crippen LogP contribution >= 0.6 is 0 Å². The fourth-order valence-electron chi connectivity index (χ4n) is 1.92. The number of amides is 1. The van der Waals surface area contributed by atoms with Crippen molar-refractivity contribution >= 4 is 17.3 Å². The van der Waals surface area contributed by atoms with Crippen LogP contribution < -0.4 is 15.4 Å². The van der Waals surface area contributed by atoms with Crippen molar-refractivity contribution in [2.45, 2.75) is 6.92 Å². The monoisotopic (exact) mass is 271 g/mol. The SMILES string of the molecule is CCOc1ccccc1C(=O)N(C)c1ccncc1N. The summed E-state index contributed by atoms with van der Waals surface area (Å²) in [6.45, 7) is 2.39. The molecule has 0 saturated carbocycles. The summed E-state index contributed by atoms with van der Waals surface area (Å²) in [6.07, 6.45) is 3.12. The van der Waals surface area contributed by atoms with Gasteiger partial charge in [-0.3, -0.25) is 9.78 Å². The van der Waals surface area contributed by atoms with Crippen molar-refractivity contribution in [3.63, 3.8) is 0 Å². The standard InChI is InChI=1S/C15H17N3O2/c1-3-20-14-7-5-4-6-11(14)15(19)18(2)13-8-9-17-10-12(13)16/h4-10H,3,16H2,1-2H3. The van der Waals surface area contributed by atoms with Crippen LogP contribution in [0.5, 0.6) is 5.75 Å². The minimum absolute atomic E-state index is 0.174. The molecule has 1 aromatic heterocycles. The minimum Gasteiger partial charge on any atom is -0.493 e. The summed E-state index contributed by atoms with van der Waals surface area (Å²) < 4.78 is 5.48. The number of nitrogen functional groups attached to an aromatic ring is 1.